The maximum atomic E-state index is 12.5. The fraction of sp³-hybridized carbons (Fsp3) is 0.286. The molecule has 0 bridgehead atoms. The van der Waals surface area contributed by atoms with Crippen LogP contribution in [0, 0.1) is 6.92 Å². The molecule has 8 heteroatoms. The fourth-order valence-electron chi connectivity index (χ4n) is 2.87. The van der Waals surface area contributed by atoms with Gasteiger partial charge in [0.15, 0.2) is 0 Å². The van der Waals surface area contributed by atoms with Crippen molar-refractivity contribution in [2.45, 2.75) is 25.9 Å². The quantitative estimate of drug-likeness (QED) is 0.524. The zero-order valence-corrected chi connectivity index (χ0v) is 16.2. The molecule has 1 saturated heterocycles. The minimum atomic E-state index is -1.90. The second kappa shape index (κ2) is 8.74. The lowest BCUT2D eigenvalue weighted by Gasteiger charge is -2.34. The van der Waals surface area contributed by atoms with E-state index in [2.05, 4.69) is 10.6 Å². The molecule has 0 radical (unpaired) electrons. The van der Waals surface area contributed by atoms with E-state index in [9.17, 15) is 14.4 Å². The van der Waals surface area contributed by atoms with E-state index in [1.54, 1.807) is 31.2 Å². The summed E-state index contributed by atoms with van der Waals surface area (Å²) in [6.45, 7) is 4.30. The minimum absolute atomic E-state index is 0.0483. The molecule has 152 valence electrons. The van der Waals surface area contributed by atoms with E-state index >= 15 is 0 Å². The maximum absolute atomic E-state index is 12.5. The first-order valence-corrected chi connectivity index (χ1v) is 9.21. The summed E-state index contributed by atoms with van der Waals surface area (Å²) in [6, 6.07) is 13.2. The normalized spacial score (nSPS) is 15.4. The first kappa shape index (κ1) is 20.3. The standard InChI is InChI=1S/C21H22N2O6/c1-3-27-12-11-21(18(24)22-20(26)23-19(21)25)29-16-9-7-15(8-10-16)28-17-6-4-5-14(2)13-17/h4-10,13H,3,11-12H2,1-2H3,(H2,22,23,24,25,26). The number of amides is 4. The third-order valence-electron chi connectivity index (χ3n) is 4.33. The maximum Gasteiger partial charge on any atom is 0.328 e. The van der Waals surface area contributed by atoms with Gasteiger partial charge in [-0.3, -0.25) is 20.2 Å². The number of barbiturate groups is 1. The average Bonchev–Trinajstić information content (AvgIpc) is 2.67. The molecule has 8 nitrogen and oxygen atoms in total. The molecule has 2 aromatic rings. The van der Waals surface area contributed by atoms with Crippen molar-refractivity contribution in [3.8, 4) is 17.2 Å². The van der Waals surface area contributed by atoms with Gasteiger partial charge in [0.1, 0.15) is 17.2 Å². The number of hydrogen-bond donors (Lipinski definition) is 2. The van der Waals surface area contributed by atoms with Crippen molar-refractivity contribution in [2.75, 3.05) is 13.2 Å². The summed E-state index contributed by atoms with van der Waals surface area (Å²) in [5, 5.41) is 4.16. The summed E-state index contributed by atoms with van der Waals surface area (Å²) in [5.74, 6) is -0.120. The zero-order valence-electron chi connectivity index (χ0n) is 16.2. The molecule has 4 amide bonds. The van der Waals surface area contributed by atoms with Crippen molar-refractivity contribution < 1.29 is 28.6 Å². The molecule has 1 aliphatic heterocycles. The Morgan fingerprint density at radius 2 is 1.55 bits per heavy atom. The predicted molar refractivity (Wildman–Crippen MR) is 104 cm³/mol. The van der Waals surface area contributed by atoms with Gasteiger partial charge in [-0.1, -0.05) is 12.1 Å². The van der Waals surface area contributed by atoms with E-state index in [-0.39, 0.29) is 18.8 Å². The summed E-state index contributed by atoms with van der Waals surface area (Å²) in [6.07, 6.45) is -0.0483. The number of aryl methyl sites for hydroxylation is 1. The molecule has 0 aromatic heterocycles. The summed E-state index contributed by atoms with van der Waals surface area (Å²) in [5.41, 5.74) is -0.829. The van der Waals surface area contributed by atoms with Gasteiger partial charge < -0.3 is 14.2 Å². The third kappa shape index (κ3) is 4.72. The molecule has 1 aliphatic rings. The van der Waals surface area contributed by atoms with Crippen LogP contribution in [0.4, 0.5) is 4.79 Å². The van der Waals surface area contributed by atoms with E-state index < -0.39 is 23.4 Å². The van der Waals surface area contributed by atoms with Gasteiger partial charge in [-0.25, -0.2) is 4.79 Å². The van der Waals surface area contributed by atoms with Crippen LogP contribution >= 0.6 is 0 Å². The van der Waals surface area contributed by atoms with Crippen LogP contribution in [0.2, 0.25) is 0 Å². The molecule has 0 spiro atoms. The van der Waals surface area contributed by atoms with E-state index in [0.717, 1.165) is 5.56 Å². The molecule has 0 aliphatic carbocycles. The summed E-state index contributed by atoms with van der Waals surface area (Å²) in [7, 11) is 0. The second-order valence-electron chi connectivity index (χ2n) is 6.50. The first-order valence-electron chi connectivity index (χ1n) is 9.21. The second-order valence-corrected chi connectivity index (χ2v) is 6.50. The van der Waals surface area contributed by atoms with Gasteiger partial charge in [0, 0.05) is 13.0 Å². The van der Waals surface area contributed by atoms with Gasteiger partial charge in [-0.2, -0.15) is 0 Å². The molecule has 0 atom stereocenters. The van der Waals surface area contributed by atoms with Crippen molar-refractivity contribution in [3.63, 3.8) is 0 Å². The van der Waals surface area contributed by atoms with Crippen molar-refractivity contribution in [1.29, 1.82) is 0 Å². The lowest BCUT2D eigenvalue weighted by atomic mass is 9.95. The van der Waals surface area contributed by atoms with Crippen LogP contribution in [0.25, 0.3) is 0 Å². The Morgan fingerprint density at radius 3 is 2.17 bits per heavy atom. The smallest absolute Gasteiger partial charge is 0.328 e. The largest absolute Gasteiger partial charge is 0.467 e. The molecule has 2 N–H and O–H groups in total. The predicted octanol–water partition coefficient (Wildman–Crippen LogP) is 2.70. The van der Waals surface area contributed by atoms with Crippen LogP contribution in [0.3, 0.4) is 0 Å². The number of carbonyl (C=O) groups is 3. The van der Waals surface area contributed by atoms with Crippen molar-refractivity contribution in [2.24, 2.45) is 0 Å². The van der Waals surface area contributed by atoms with Gasteiger partial charge in [-0.15, -0.1) is 0 Å². The minimum Gasteiger partial charge on any atom is -0.467 e. The molecular weight excluding hydrogens is 376 g/mol. The fourth-order valence-corrected chi connectivity index (χ4v) is 2.87. The van der Waals surface area contributed by atoms with Crippen LogP contribution in [-0.2, 0) is 14.3 Å². The zero-order chi connectivity index (χ0) is 20.9. The van der Waals surface area contributed by atoms with E-state index in [1.807, 2.05) is 31.2 Å². The number of nitrogens with one attached hydrogen (secondary N) is 2. The molecule has 29 heavy (non-hydrogen) atoms. The Labute approximate surface area is 168 Å². The average molecular weight is 398 g/mol. The van der Waals surface area contributed by atoms with Gasteiger partial charge in [0.25, 0.3) is 17.4 Å². The monoisotopic (exact) mass is 398 g/mol. The van der Waals surface area contributed by atoms with Gasteiger partial charge in [0.2, 0.25) is 0 Å². The van der Waals surface area contributed by atoms with Crippen LogP contribution in [-0.4, -0.2) is 36.7 Å². The Bertz CT molecular complexity index is 890. The lowest BCUT2D eigenvalue weighted by molar-refractivity contribution is -0.153. The van der Waals surface area contributed by atoms with Crippen LogP contribution in [0.15, 0.2) is 48.5 Å². The third-order valence-corrected chi connectivity index (χ3v) is 4.33. The molecule has 0 unspecified atom stereocenters. The number of carbonyl (C=O) groups excluding carboxylic acids is 3. The number of rotatable bonds is 8. The number of imide groups is 2. The lowest BCUT2D eigenvalue weighted by Crippen LogP contribution is -2.69. The summed E-state index contributed by atoms with van der Waals surface area (Å²) >= 11 is 0. The molecule has 0 saturated carbocycles. The van der Waals surface area contributed by atoms with Crippen LogP contribution in [0.5, 0.6) is 17.2 Å². The number of hydrogen-bond acceptors (Lipinski definition) is 6. The Kier molecular flexibility index (Phi) is 6.13. The van der Waals surface area contributed by atoms with Gasteiger partial charge >= 0.3 is 6.03 Å². The SMILES string of the molecule is CCOCCC1(Oc2ccc(Oc3cccc(C)c3)cc2)C(=O)NC(=O)NC1=O. The Morgan fingerprint density at radius 1 is 0.897 bits per heavy atom. The highest BCUT2D eigenvalue weighted by Gasteiger charge is 2.52. The van der Waals surface area contributed by atoms with Crippen molar-refractivity contribution in [3.05, 3.63) is 54.1 Å². The van der Waals surface area contributed by atoms with Crippen LogP contribution < -0.4 is 20.1 Å². The van der Waals surface area contributed by atoms with Gasteiger partial charge in [0.05, 0.1) is 6.61 Å². The van der Waals surface area contributed by atoms with Crippen molar-refractivity contribution >= 4 is 17.8 Å². The molecule has 2 aromatic carbocycles. The number of ether oxygens (including phenoxy) is 3. The number of benzene rings is 2. The highest BCUT2D eigenvalue weighted by Crippen LogP contribution is 2.28. The topological polar surface area (TPSA) is 103 Å². The van der Waals surface area contributed by atoms with Crippen molar-refractivity contribution in [1.82, 2.24) is 10.6 Å². The first-order chi connectivity index (χ1) is 13.9. The molecular formula is C21H22N2O6. The van der Waals surface area contributed by atoms with E-state index in [1.165, 1.54) is 0 Å². The highest BCUT2D eigenvalue weighted by atomic mass is 16.5. The molecule has 1 fully saturated rings. The van der Waals surface area contributed by atoms with E-state index in [4.69, 9.17) is 14.2 Å². The summed E-state index contributed by atoms with van der Waals surface area (Å²) in [4.78, 5) is 36.4. The van der Waals surface area contributed by atoms with Crippen LogP contribution in [0.1, 0.15) is 18.9 Å². The Hall–Kier alpha value is -3.39. The highest BCUT2D eigenvalue weighted by molar-refractivity contribution is 6.21. The van der Waals surface area contributed by atoms with Gasteiger partial charge in [-0.05, 0) is 55.8 Å². The Balaban J connectivity index is 1.77. The molecule has 3 rings (SSSR count). The van der Waals surface area contributed by atoms with E-state index in [0.29, 0.717) is 18.1 Å². The number of urea groups is 1. The molecule has 1 heterocycles. The summed E-state index contributed by atoms with van der Waals surface area (Å²) < 4.78 is 16.8.